The summed E-state index contributed by atoms with van der Waals surface area (Å²) in [6, 6.07) is 0. The van der Waals surface area contributed by atoms with Crippen molar-refractivity contribution in [3.63, 3.8) is 0 Å². The highest BCUT2D eigenvalue weighted by Gasteiger charge is 2.22. The number of unbranched alkanes of at least 4 members (excludes halogenated alkanes) is 6. The second-order valence-corrected chi connectivity index (χ2v) is 6.56. The van der Waals surface area contributed by atoms with Crippen molar-refractivity contribution in [3.05, 3.63) is 25.3 Å². The summed E-state index contributed by atoms with van der Waals surface area (Å²) in [6.45, 7) is 9.06. The predicted molar refractivity (Wildman–Crippen MR) is 100 cm³/mol. The Bertz CT molecular complexity index is 369. The van der Waals surface area contributed by atoms with Crippen molar-refractivity contribution < 1.29 is 24.9 Å². The largest absolute Gasteiger partial charge is 0.462 e. The Kier molecular flexibility index (Phi) is 14.4. The van der Waals surface area contributed by atoms with Crippen LogP contribution in [0.5, 0.6) is 0 Å². The maximum atomic E-state index is 11.9. The Morgan fingerprint density at radius 3 is 2.16 bits per heavy atom. The molecule has 0 saturated carbocycles. The minimum absolute atomic E-state index is 0.152. The van der Waals surface area contributed by atoms with Gasteiger partial charge in [0.2, 0.25) is 0 Å². The Morgan fingerprint density at radius 2 is 1.60 bits per heavy atom. The van der Waals surface area contributed by atoms with Crippen molar-refractivity contribution in [2.75, 3.05) is 0 Å². The van der Waals surface area contributed by atoms with Crippen LogP contribution in [0.2, 0.25) is 0 Å². The fraction of sp³-hybridized carbons (Fsp3) is 0.750. The van der Waals surface area contributed by atoms with Crippen LogP contribution in [-0.4, -0.2) is 45.7 Å². The monoisotopic (exact) mass is 356 g/mol. The van der Waals surface area contributed by atoms with Gasteiger partial charge in [-0.15, -0.1) is 13.2 Å². The molecule has 0 aromatic carbocycles. The molecule has 0 rings (SSSR count). The first-order valence-corrected chi connectivity index (χ1v) is 9.43. The summed E-state index contributed by atoms with van der Waals surface area (Å²) in [7, 11) is 0. The van der Waals surface area contributed by atoms with Crippen molar-refractivity contribution >= 4 is 5.97 Å². The van der Waals surface area contributed by atoms with E-state index >= 15 is 0 Å². The van der Waals surface area contributed by atoms with Crippen LogP contribution in [0.25, 0.3) is 0 Å². The minimum Gasteiger partial charge on any atom is -0.462 e. The molecule has 0 unspecified atom stereocenters. The lowest BCUT2D eigenvalue weighted by molar-refractivity contribution is -0.153. The molecule has 0 amide bonds. The summed E-state index contributed by atoms with van der Waals surface area (Å²) in [4.78, 5) is 11.9. The molecule has 0 aliphatic heterocycles. The molecule has 4 atom stereocenters. The third-order valence-corrected chi connectivity index (χ3v) is 4.22. The van der Waals surface area contributed by atoms with E-state index in [1.807, 2.05) is 0 Å². The van der Waals surface area contributed by atoms with Gasteiger partial charge in [0, 0.05) is 6.42 Å². The van der Waals surface area contributed by atoms with E-state index in [2.05, 4.69) is 20.1 Å². The van der Waals surface area contributed by atoms with Gasteiger partial charge < -0.3 is 20.1 Å². The van der Waals surface area contributed by atoms with E-state index in [4.69, 9.17) is 4.74 Å². The standard InChI is InChI=1S/C20H36O5/c1-4-7-8-9-10-11-12-13-17(15-19(23)18(22)6-3)25-20(24)14-16(21)5-2/h5-6,16-19,21-23H,2-4,7-15H2,1H3/t16-,17-,18+,19+/m0/s1. The molecule has 0 aromatic rings. The van der Waals surface area contributed by atoms with E-state index in [0.717, 1.165) is 19.3 Å². The molecule has 0 fully saturated rings. The molecular formula is C20H36O5. The van der Waals surface area contributed by atoms with E-state index in [1.165, 1.54) is 37.8 Å². The summed E-state index contributed by atoms with van der Waals surface area (Å²) in [5.41, 5.74) is 0. The molecule has 0 heterocycles. The third kappa shape index (κ3) is 12.8. The van der Waals surface area contributed by atoms with Gasteiger partial charge in [-0.1, -0.05) is 57.6 Å². The number of esters is 1. The molecule has 0 aliphatic carbocycles. The maximum absolute atomic E-state index is 11.9. The van der Waals surface area contributed by atoms with Crippen molar-refractivity contribution in [2.24, 2.45) is 0 Å². The van der Waals surface area contributed by atoms with Crippen LogP contribution in [0, 0.1) is 0 Å². The summed E-state index contributed by atoms with van der Waals surface area (Å²) in [6.07, 6.45) is 7.71. The minimum atomic E-state index is -1.05. The second-order valence-electron chi connectivity index (χ2n) is 6.56. The number of aliphatic hydroxyl groups excluding tert-OH is 3. The molecule has 0 saturated heterocycles. The van der Waals surface area contributed by atoms with Gasteiger partial charge in [0.15, 0.2) is 0 Å². The van der Waals surface area contributed by atoms with Crippen LogP contribution >= 0.6 is 0 Å². The molecule has 0 spiro atoms. The fourth-order valence-corrected chi connectivity index (χ4v) is 2.61. The van der Waals surface area contributed by atoms with E-state index in [0.29, 0.717) is 6.42 Å². The highest BCUT2D eigenvalue weighted by Crippen LogP contribution is 2.17. The Hall–Kier alpha value is -1.17. The lowest BCUT2D eigenvalue weighted by Gasteiger charge is -2.23. The third-order valence-electron chi connectivity index (χ3n) is 4.22. The smallest absolute Gasteiger partial charge is 0.309 e. The molecule has 0 radical (unpaired) electrons. The fourth-order valence-electron chi connectivity index (χ4n) is 2.61. The van der Waals surface area contributed by atoms with Crippen molar-refractivity contribution in [3.8, 4) is 0 Å². The topological polar surface area (TPSA) is 87.0 Å². The molecule has 0 aromatic heterocycles. The van der Waals surface area contributed by atoms with Gasteiger partial charge in [-0.2, -0.15) is 0 Å². The molecule has 5 heteroatoms. The number of ether oxygens (including phenoxy) is 1. The average Bonchev–Trinajstić information content (AvgIpc) is 2.59. The van der Waals surface area contributed by atoms with E-state index < -0.39 is 30.4 Å². The zero-order valence-electron chi connectivity index (χ0n) is 15.6. The average molecular weight is 357 g/mol. The summed E-state index contributed by atoms with van der Waals surface area (Å²) in [5.74, 6) is -0.527. The van der Waals surface area contributed by atoms with Crippen molar-refractivity contribution in [1.29, 1.82) is 0 Å². The summed E-state index contributed by atoms with van der Waals surface area (Å²) in [5, 5.41) is 29.0. The second kappa shape index (κ2) is 15.1. The van der Waals surface area contributed by atoms with Gasteiger partial charge in [0.05, 0.1) is 24.7 Å². The molecule has 5 nitrogen and oxygen atoms in total. The quantitative estimate of drug-likeness (QED) is 0.224. The lowest BCUT2D eigenvalue weighted by atomic mass is 10.0. The van der Waals surface area contributed by atoms with Crippen LogP contribution in [-0.2, 0) is 9.53 Å². The number of rotatable bonds is 16. The highest BCUT2D eigenvalue weighted by atomic mass is 16.5. The van der Waals surface area contributed by atoms with Crippen LogP contribution in [0.4, 0.5) is 0 Å². The van der Waals surface area contributed by atoms with Crippen LogP contribution in [0.15, 0.2) is 25.3 Å². The van der Waals surface area contributed by atoms with E-state index in [1.54, 1.807) is 0 Å². The number of carbonyl (C=O) groups is 1. The first kappa shape index (κ1) is 23.8. The van der Waals surface area contributed by atoms with Crippen LogP contribution in [0.3, 0.4) is 0 Å². The van der Waals surface area contributed by atoms with Crippen molar-refractivity contribution in [2.45, 2.75) is 95.5 Å². The van der Waals surface area contributed by atoms with Gasteiger partial charge in [0.25, 0.3) is 0 Å². The van der Waals surface area contributed by atoms with Crippen LogP contribution in [0.1, 0.15) is 71.1 Å². The van der Waals surface area contributed by atoms with Gasteiger partial charge in [-0.25, -0.2) is 0 Å². The summed E-state index contributed by atoms with van der Waals surface area (Å²) < 4.78 is 5.38. The number of hydrogen-bond acceptors (Lipinski definition) is 5. The first-order valence-electron chi connectivity index (χ1n) is 9.43. The molecule has 0 aliphatic rings. The van der Waals surface area contributed by atoms with Gasteiger partial charge in [-0.3, -0.25) is 4.79 Å². The molecule has 0 bridgehead atoms. The van der Waals surface area contributed by atoms with Crippen LogP contribution < -0.4 is 0 Å². The van der Waals surface area contributed by atoms with Gasteiger partial charge >= 0.3 is 5.97 Å². The Balaban J connectivity index is 4.34. The molecule has 25 heavy (non-hydrogen) atoms. The maximum Gasteiger partial charge on any atom is 0.309 e. The molecular weight excluding hydrogens is 320 g/mol. The normalized spacial score (nSPS) is 15.8. The zero-order chi connectivity index (χ0) is 19.1. The Morgan fingerprint density at radius 1 is 1.00 bits per heavy atom. The number of carbonyl (C=O) groups excluding carboxylic acids is 1. The van der Waals surface area contributed by atoms with E-state index in [9.17, 15) is 20.1 Å². The predicted octanol–water partition coefficient (Wildman–Crippen LogP) is 3.27. The first-order chi connectivity index (χ1) is 11.9. The highest BCUT2D eigenvalue weighted by molar-refractivity contribution is 5.70. The molecule has 146 valence electrons. The van der Waals surface area contributed by atoms with Gasteiger partial charge in [-0.05, 0) is 12.8 Å². The number of aliphatic hydroxyl groups is 3. The SMILES string of the molecule is C=C[C@@H](O)[C@H](O)C[C@H](CCCCCCCCC)OC(=O)C[C@@H](O)C=C. The Labute approximate surface area is 152 Å². The van der Waals surface area contributed by atoms with Crippen molar-refractivity contribution in [1.82, 2.24) is 0 Å². The van der Waals surface area contributed by atoms with E-state index in [-0.39, 0.29) is 12.8 Å². The lowest BCUT2D eigenvalue weighted by Crippen LogP contribution is -2.31. The zero-order valence-corrected chi connectivity index (χ0v) is 15.6. The van der Waals surface area contributed by atoms with Gasteiger partial charge in [0.1, 0.15) is 6.10 Å². The number of hydrogen-bond donors (Lipinski definition) is 3. The molecule has 3 N–H and O–H groups in total. The summed E-state index contributed by atoms with van der Waals surface area (Å²) >= 11 is 0.